The number of hydrogen-bond donors (Lipinski definition) is 1. The maximum Gasteiger partial charge on any atom is 0.377 e. The van der Waals surface area contributed by atoms with Crippen molar-refractivity contribution in [3.05, 3.63) is 23.8 Å². The lowest BCUT2D eigenvalue weighted by molar-refractivity contribution is -0.131. The molecule has 5 nitrogen and oxygen atoms in total. The van der Waals surface area contributed by atoms with E-state index in [1.807, 2.05) is 0 Å². The van der Waals surface area contributed by atoms with E-state index in [2.05, 4.69) is 0 Å². The Hall–Kier alpha value is -2.04. The van der Waals surface area contributed by atoms with Gasteiger partial charge in [-0.3, -0.25) is 4.79 Å². The molecule has 0 saturated carbocycles. The van der Waals surface area contributed by atoms with Gasteiger partial charge in [-0.15, -0.1) is 0 Å². The van der Waals surface area contributed by atoms with Gasteiger partial charge >= 0.3 is 5.97 Å². The van der Waals surface area contributed by atoms with Crippen LogP contribution >= 0.6 is 0 Å². The molecule has 0 atom stereocenters. The summed E-state index contributed by atoms with van der Waals surface area (Å²) in [7, 11) is 2.79. The van der Waals surface area contributed by atoms with Crippen molar-refractivity contribution in [1.82, 2.24) is 0 Å². The second-order valence-corrected chi connectivity index (χ2v) is 2.70. The molecule has 0 heterocycles. The number of rotatable bonds is 4. The van der Waals surface area contributed by atoms with Crippen molar-refractivity contribution < 1.29 is 24.2 Å². The Morgan fingerprint density at radius 2 is 1.87 bits per heavy atom. The van der Waals surface area contributed by atoms with Crippen LogP contribution in [0.5, 0.6) is 11.5 Å². The van der Waals surface area contributed by atoms with E-state index in [1.165, 1.54) is 26.4 Å². The number of hydrogen-bond acceptors (Lipinski definition) is 4. The molecule has 0 fully saturated rings. The van der Waals surface area contributed by atoms with Crippen LogP contribution in [0.2, 0.25) is 0 Å². The number of ether oxygens (including phenoxy) is 2. The number of Topliss-reactive ketones (excluding diaryl/α,β-unsaturated/α-hetero) is 1. The SMILES string of the molecule is COc1ccc(OC)c(C(=O)C(=O)O)c1. The summed E-state index contributed by atoms with van der Waals surface area (Å²) >= 11 is 0. The zero-order valence-electron chi connectivity index (χ0n) is 8.31. The number of carboxylic acids is 1. The Bertz CT molecular complexity index is 397. The van der Waals surface area contributed by atoms with Crippen LogP contribution < -0.4 is 9.47 Å². The van der Waals surface area contributed by atoms with E-state index in [0.29, 0.717) is 5.75 Å². The Balaban J connectivity index is 3.23. The van der Waals surface area contributed by atoms with Crippen molar-refractivity contribution in [3.8, 4) is 11.5 Å². The molecule has 15 heavy (non-hydrogen) atoms. The monoisotopic (exact) mass is 210 g/mol. The van der Waals surface area contributed by atoms with Crippen LogP contribution in [0.4, 0.5) is 0 Å². The van der Waals surface area contributed by atoms with Crippen LogP contribution in [0.1, 0.15) is 10.4 Å². The van der Waals surface area contributed by atoms with Gasteiger partial charge in [-0.05, 0) is 18.2 Å². The summed E-state index contributed by atoms with van der Waals surface area (Å²) in [6.07, 6.45) is 0. The lowest BCUT2D eigenvalue weighted by Crippen LogP contribution is -2.13. The van der Waals surface area contributed by atoms with E-state index in [9.17, 15) is 9.59 Å². The fourth-order valence-corrected chi connectivity index (χ4v) is 1.11. The molecule has 0 aliphatic heterocycles. The van der Waals surface area contributed by atoms with Gasteiger partial charge in [-0.25, -0.2) is 4.79 Å². The Labute approximate surface area is 86.2 Å². The summed E-state index contributed by atoms with van der Waals surface area (Å²) in [6, 6.07) is 4.39. The Morgan fingerprint density at radius 1 is 1.20 bits per heavy atom. The standard InChI is InChI=1S/C10H10O5/c1-14-6-3-4-8(15-2)7(5-6)9(11)10(12)13/h3-5H,1-2H3,(H,12,13). The summed E-state index contributed by atoms with van der Waals surface area (Å²) in [4.78, 5) is 21.8. The molecular weight excluding hydrogens is 200 g/mol. The topological polar surface area (TPSA) is 72.8 Å². The van der Waals surface area contributed by atoms with Crippen LogP contribution in [0, 0.1) is 0 Å². The van der Waals surface area contributed by atoms with E-state index in [-0.39, 0.29) is 11.3 Å². The van der Waals surface area contributed by atoms with E-state index in [4.69, 9.17) is 14.6 Å². The molecule has 1 N–H and O–H groups in total. The van der Waals surface area contributed by atoms with Gasteiger partial charge in [-0.1, -0.05) is 0 Å². The third-order valence-electron chi connectivity index (χ3n) is 1.85. The van der Waals surface area contributed by atoms with Gasteiger partial charge in [0.15, 0.2) is 0 Å². The number of methoxy groups -OCH3 is 2. The van der Waals surface area contributed by atoms with Crippen LogP contribution in [-0.4, -0.2) is 31.1 Å². The number of benzene rings is 1. The first-order chi connectivity index (χ1) is 7.10. The Morgan fingerprint density at radius 3 is 2.33 bits per heavy atom. The van der Waals surface area contributed by atoms with E-state index in [1.54, 1.807) is 6.07 Å². The average Bonchev–Trinajstić information content (AvgIpc) is 2.27. The predicted molar refractivity (Wildman–Crippen MR) is 51.5 cm³/mol. The molecule has 0 aliphatic carbocycles. The summed E-state index contributed by atoms with van der Waals surface area (Å²) < 4.78 is 9.76. The van der Waals surface area contributed by atoms with Gasteiger partial charge in [0.05, 0.1) is 19.8 Å². The molecule has 0 aromatic heterocycles. The molecule has 0 amide bonds. The molecule has 0 radical (unpaired) electrons. The van der Waals surface area contributed by atoms with Gasteiger partial charge in [0.25, 0.3) is 5.78 Å². The summed E-state index contributed by atoms with van der Waals surface area (Å²) in [5.74, 6) is -1.93. The number of aliphatic carboxylic acids is 1. The number of carbonyl (C=O) groups excluding carboxylic acids is 1. The van der Waals surface area contributed by atoms with E-state index in [0.717, 1.165) is 0 Å². The molecule has 0 aliphatic rings. The highest BCUT2D eigenvalue weighted by molar-refractivity contribution is 6.40. The summed E-state index contributed by atoms with van der Waals surface area (Å²) in [5, 5.41) is 8.57. The molecule has 1 aromatic rings. The molecule has 5 heteroatoms. The van der Waals surface area contributed by atoms with Gasteiger partial charge in [0.1, 0.15) is 11.5 Å². The first-order valence-corrected chi connectivity index (χ1v) is 4.09. The highest BCUT2D eigenvalue weighted by Gasteiger charge is 2.19. The molecule has 80 valence electrons. The molecule has 0 spiro atoms. The average molecular weight is 210 g/mol. The minimum absolute atomic E-state index is 0.0237. The summed E-state index contributed by atoms with van der Waals surface area (Å²) in [6.45, 7) is 0. The van der Waals surface area contributed by atoms with Crippen LogP contribution in [0.3, 0.4) is 0 Å². The third-order valence-corrected chi connectivity index (χ3v) is 1.85. The molecule has 0 saturated heterocycles. The maximum atomic E-state index is 11.3. The summed E-state index contributed by atoms with van der Waals surface area (Å²) in [5.41, 5.74) is -0.0237. The minimum atomic E-state index is -1.53. The largest absolute Gasteiger partial charge is 0.497 e. The fourth-order valence-electron chi connectivity index (χ4n) is 1.11. The third kappa shape index (κ3) is 2.25. The fraction of sp³-hybridized carbons (Fsp3) is 0.200. The van der Waals surface area contributed by atoms with Crippen LogP contribution in [0.25, 0.3) is 0 Å². The zero-order valence-corrected chi connectivity index (χ0v) is 8.31. The number of carbonyl (C=O) groups is 2. The second-order valence-electron chi connectivity index (χ2n) is 2.70. The van der Waals surface area contributed by atoms with Gasteiger partial charge in [0.2, 0.25) is 0 Å². The van der Waals surface area contributed by atoms with Gasteiger partial charge in [0, 0.05) is 0 Å². The Kier molecular flexibility index (Phi) is 3.28. The number of ketones is 1. The first kappa shape index (κ1) is 11.0. The normalized spacial score (nSPS) is 9.47. The van der Waals surface area contributed by atoms with Crippen molar-refractivity contribution in [2.75, 3.05) is 14.2 Å². The number of carboxylic acid groups (broad SMARTS) is 1. The van der Waals surface area contributed by atoms with Gasteiger partial charge in [-0.2, -0.15) is 0 Å². The van der Waals surface area contributed by atoms with E-state index >= 15 is 0 Å². The van der Waals surface area contributed by atoms with Crippen LogP contribution in [-0.2, 0) is 4.79 Å². The molecule has 0 bridgehead atoms. The van der Waals surface area contributed by atoms with Crippen molar-refractivity contribution in [3.63, 3.8) is 0 Å². The maximum absolute atomic E-state index is 11.3. The van der Waals surface area contributed by atoms with Gasteiger partial charge < -0.3 is 14.6 Å². The second kappa shape index (κ2) is 4.45. The predicted octanol–water partition coefficient (Wildman–Crippen LogP) is 0.971. The lowest BCUT2D eigenvalue weighted by atomic mass is 10.1. The first-order valence-electron chi connectivity index (χ1n) is 4.09. The van der Waals surface area contributed by atoms with Crippen molar-refractivity contribution in [2.24, 2.45) is 0 Å². The lowest BCUT2D eigenvalue weighted by Gasteiger charge is -2.07. The van der Waals surface area contributed by atoms with Crippen molar-refractivity contribution in [2.45, 2.75) is 0 Å². The van der Waals surface area contributed by atoms with E-state index < -0.39 is 11.8 Å². The zero-order chi connectivity index (χ0) is 11.4. The molecule has 1 aromatic carbocycles. The smallest absolute Gasteiger partial charge is 0.377 e. The molecule has 0 unspecified atom stereocenters. The molecular formula is C10H10O5. The van der Waals surface area contributed by atoms with Crippen molar-refractivity contribution in [1.29, 1.82) is 0 Å². The van der Waals surface area contributed by atoms with Crippen LogP contribution in [0.15, 0.2) is 18.2 Å². The highest BCUT2D eigenvalue weighted by atomic mass is 16.5. The highest BCUT2D eigenvalue weighted by Crippen LogP contribution is 2.24. The molecule has 1 rings (SSSR count). The quantitative estimate of drug-likeness (QED) is 0.592. The van der Waals surface area contributed by atoms with Crippen molar-refractivity contribution >= 4 is 11.8 Å². The minimum Gasteiger partial charge on any atom is -0.497 e.